The zero-order valence-electron chi connectivity index (χ0n) is 15.1. The van der Waals surface area contributed by atoms with Gasteiger partial charge in [-0.2, -0.15) is 0 Å². The SMILES string of the molecule is CCOC1CCN(C(=O)[C@H]2CC[C@@H](NC(=O)c3ncc(C)[nH]3)C2)CC1. The summed E-state index contributed by atoms with van der Waals surface area (Å²) in [6.45, 7) is 6.17. The quantitative estimate of drug-likeness (QED) is 0.847. The normalized spacial score (nSPS) is 24.5. The summed E-state index contributed by atoms with van der Waals surface area (Å²) in [5.41, 5.74) is 0.861. The molecule has 1 aromatic heterocycles. The molecule has 1 saturated heterocycles. The molecule has 0 unspecified atom stereocenters. The number of H-pyrrole nitrogens is 1. The van der Waals surface area contributed by atoms with Crippen molar-refractivity contribution in [2.75, 3.05) is 19.7 Å². The standard InChI is InChI=1S/C18H28N4O3/c1-3-25-15-6-8-22(9-7-15)18(24)13-4-5-14(10-13)21-17(23)16-19-11-12(2)20-16/h11,13-15H,3-10H2,1-2H3,(H,19,20)(H,21,23)/t13-,14+/m0/s1. The number of hydrogen-bond acceptors (Lipinski definition) is 4. The monoisotopic (exact) mass is 348 g/mol. The van der Waals surface area contributed by atoms with Crippen LogP contribution < -0.4 is 5.32 Å². The number of carbonyl (C=O) groups excluding carboxylic acids is 2. The van der Waals surface area contributed by atoms with Gasteiger partial charge in [0.1, 0.15) is 0 Å². The lowest BCUT2D eigenvalue weighted by molar-refractivity contribution is -0.138. The third-order valence-corrected chi connectivity index (χ3v) is 5.19. The van der Waals surface area contributed by atoms with Crippen molar-refractivity contribution >= 4 is 11.8 Å². The van der Waals surface area contributed by atoms with Gasteiger partial charge in [0.15, 0.2) is 5.82 Å². The molecule has 2 aliphatic rings. The molecule has 0 aromatic carbocycles. The molecule has 1 aliphatic carbocycles. The molecule has 2 atom stereocenters. The maximum absolute atomic E-state index is 12.7. The smallest absolute Gasteiger partial charge is 0.287 e. The summed E-state index contributed by atoms with van der Waals surface area (Å²) in [6.07, 6.45) is 6.18. The number of piperidine rings is 1. The van der Waals surface area contributed by atoms with E-state index >= 15 is 0 Å². The Hall–Kier alpha value is -1.89. The number of likely N-dealkylation sites (tertiary alicyclic amines) is 1. The number of aromatic amines is 1. The number of hydrogen-bond donors (Lipinski definition) is 2. The van der Waals surface area contributed by atoms with E-state index < -0.39 is 0 Å². The van der Waals surface area contributed by atoms with Gasteiger partial charge in [-0.1, -0.05) is 0 Å². The number of rotatable bonds is 5. The first-order chi connectivity index (χ1) is 12.1. The predicted octanol–water partition coefficient (Wildman–Crippen LogP) is 1.64. The Morgan fingerprint density at radius 1 is 1.32 bits per heavy atom. The largest absolute Gasteiger partial charge is 0.378 e. The molecular weight excluding hydrogens is 320 g/mol. The van der Waals surface area contributed by atoms with Crippen LogP contribution in [0.1, 0.15) is 55.3 Å². The number of ether oxygens (including phenoxy) is 1. The summed E-state index contributed by atoms with van der Waals surface area (Å²) in [5.74, 6) is 0.404. The minimum Gasteiger partial charge on any atom is -0.378 e. The molecule has 0 radical (unpaired) electrons. The molecule has 25 heavy (non-hydrogen) atoms. The van der Waals surface area contributed by atoms with Crippen LogP contribution in [0.25, 0.3) is 0 Å². The van der Waals surface area contributed by atoms with Crippen LogP contribution in [0.5, 0.6) is 0 Å². The Morgan fingerprint density at radius 3 is 2.72 bits per heavy atom. The Balaban J connectivity index is 1.46. The van der Waals surface area contributed by atoms with Gasteiger partial charge in [0.2, 0.25) is 5.91 Å². The average molecular weight is 348 g/mol. The first-order valence-electron chi connectivity index (χ1n) is 9.29. The number of amides is 2. The van der Waals surface area contributed by atoms with Crippen LogP contribution >= 0.6 is 0 Å². The Kier molecular flexibility index (Phi) is 5.73. The van der Waals surface area contributed by atoms with E-state index in [9.17, 15) is 9.59 Å². The van der Waals surface area contributed by atoms with Crippen LogP contribution in [0.3, 0.4) is 0 Å². The number of nitrogens with zero attached hydrogens (tertiary/aromatic N) is 2. The fourth-order valence-corrected chi connectivity index (χ4v) is 3.86. The molecule has 2 N–H and O–H groups in total. The molecule has 2 amide bonds. The minimum atomic E-state index is -0.191. The van der Waals surface area contributed by atoms with Crippen molar-refractivity contribution in [3.8, 4) is 0 Å². The van der Waals surface area contributed by atoms with Gasteiger partial charge in [-0.05, 0) is 46.0 Å². The maximum Gasteiger partial charge on any atom is 0.287 e. The predicted molar refractivity (Wildman–Crippen MR) is 93.1 cm³/mol. The molecule has 1 aliphatic heterocycles. The summed E-state index contributed by atoms with van der Waals surface area (Å²) < 4.78 is 5.65. The van der Waals surface area contributed by atoms with Gasteiger partial charge >= 0.3 is 0 Å². The highest BCUT2D eigenvalue weighted by Gasteiger charge is 2.35. The third kappa shape index (κ3) is 4.39. The average Bonchev–Trinajstić information content (AvgIpc) is 3.24. The van der Waals surface area contributed by atoms with Crippen molar-refractivity contribution in [1.82, 2.24) is 20.2 Å². The van der Waals surface area contributed by atoms with Gasteiger partial charge in [-0.15, -0.1) is 0 Å². The highest BCUT2D eigenvalue weighted by atomic mass is 16.5. The lowest BCUT2D eigenvalue weighted by Crippen LogP contribution is -2.43. The van der Waals surface area contributed by atoms with Crippen molar-refractivity contribution in [3.63, 3.8) is 0 Å². The van der Waals surface area contributed by atoms with Gasteiger partial charge in [-0.25, -0.2) is 4.98 Å². The van der Waals surface area contributed by atoms with Crippen LogP contribution in [0.15, 0.2) is 6.20 Å². The minimum absolute atomic E-state index is 0.0206. The Bertz CT molecular complexity index is 607. The fraction of sp³-hybridized carbons (Fsp3) is 0.722. The van der Waals surface area contributed by atoms with Crippen molar-refractivity contribution in [3.05, 3.63) is 17.7 Å². The Labute approximate surface area is 148 Å². The molecule has 7 heteroatoms. The molecule has 7 nitrogen and oxygen atoms in total. The topological polar surface area (TPSA) is 87.3 Å². The first-order valence-corrected chi connectivity index (χ1v) is 9.29. The van der Waals surface area contributed by atoms with Crippen molar-refractivity contribution < 1.29 is 14.3 Å². The number of nitrogens with one attached hydrogen (secondary N) is 2. The van der Waals surface area contributed by atoms with Gasteiger partial charge < -0.3 is 19.9 Å². The van der Waals surface area contributed by atoms with E-state index in [0.717, 1.165) is 57.5 Å². The second-order valence-electron chi connectivity index (χ2n) is 7.08. The van der Waals surface area contributed by atoms with E-state index in [-0.39, 0.29) is 23.8 Å². The molecule has 2 heterocycles. The van der Waals surface area contributed by atoms with Crippen LogP contribution in [0.2, 0.25) is 0 Å². The number of aryl methyl sites for hydroxylation is 1. The third-order valence-electron chi connectivity index (χ3n) is 5.19. The van der Waals surface area contributed by atoms with Crippen molar-refractivity contribution in [1.29, 1.82) is 0 Å². The van der Waals surface area contributed by atoms with Gasteiger partial charge in [-0.3, -0.25) is 9.59 Å². The van der Waals surface area contributed by atoms with Gasteiger partial charge in [0.05, 0.1) is 6.10 Å². The molecule has 1 aromatic rings. The van der Waals surface area contributed by atoms with E-state index in [2.05, 4.69) is 15.3 Å². The van der Waals surface area contributed by atoms with E-state index in [4.69, 9.17) is 4.74 Å². The van der Waals surface area contributed by atoms with E-state index in [0.29, 0.717) is 11.9 Å². The first kappa shape index (κ1) is 17.9. The van der Waals surface area contributed by atoms with Gasteiger partial charge in [0.25, 0.3) is 5.91 Å². The number of imidazole rings is 1. The lowest BCUT2D eigenvalue weighted by Gasteiger charge is -2.33. The van der Waals surface area contributed by atoms with E-state index in [1.54, 1.807) is 6.20 Å². The fourth-order valence-electron chi connectivity index (χ4n) is 3.86. The molecule has 2 fully saturated rings. The second-order valence-corrected chi connectivity index (χ2v) is 7.08. The zero-order valence-corrected chi connectivity index (χ0v) is 15.1. The molecule has 1 saturated carbocycles. The molecule has 3 rings (SSSR count). The molecule has 0 bridgehead atoms. The number of aromatic nitrogens is 2. The lowest BCUT2D eigenvalue weighted by atomic mass is 10.0. The highest BCUT2D eigenvalue weighted by molar-refractivity contribution is 5.90. The number of carbonyl (C=O) groups is 2. The van der Waals surface area contributed by atoms with E-state index in [1.165, 1.54) is 0 Å². The van der Waals surface area contributed by atoms with Gasteiger partial charge in [0, 0.05) is 43.5 Å². The second kappa shape index (κ2) is 7.99. The molecular formula is C18H28N4O3. The molecule has 138 valence electrons. The zero-order chi connectivity index (χ0) is 17.8. The Morgan fingerprint density at radius 2 is 2.08 bits per heavy atom. The van der Waals surface area contributed by atoms with Crippen molar-refractivity contribution in [2.24, 2.45) is 5.92 Å². The summed E-state index contributed by atoms with van der Waals surface area (Å²) in [6, 6.07) is 0.0489. The van der Waals surface area contributed by atoms with E-state index in [1.807, 2.05) is 18.7 Å². The van der Waals surface area contributed by atoms with Crippen LogP contribution in [-0.2, 0) is 9.53 Å². The summed E-state index contributed by atoms with van der Waals surface area (Å²) in [7, 11) is 0. The molecule has 0 spiro atoms. The van der Waals surface area contributed by atoms with Crippen LogP contribution in [0.4, 0.5) is 0 Å². The summed E-state index contributed by atoms with van der Waals surface area (Å²) in [5, 5.41) is 3.00. The summed E-state index contributed by atoms with van der Waals surface area (Å²) in [4.78, 5) is 33.9. The maximum atomic E-state index is 12.7. The summed E-state index contributed by atoms with van der Waals surface area (Å²) >= 11 is 0. The van der Waals surface area contributed by atoms with Crippen LogP contribution in [-0.4, -0.2) is 58.5 Å². The van der Waals surface area contributed by atoms with Crippen molar-refractivity contribution in [2.45, 2.75) is 58.1 Å². The van der Waals surface area contributed by atoms with Crippen LogP contribution in [0, 0.1) is 12.8 Å². The highest BCUT2D eigenvalue weighted by Crippen LogP contribution is 2.29.